The largest absolute Gasteiger partial charge is 0.504 e. The number of hydrogen-bond donors (Lipinski definition) is 2. The molecule has 0 bridgehead atoms. The van der Waals surface area contributed by atoms with E-state index in [1.54, 1.807) is 18.2 Å². The van der Waals surface area contributed by atoms with Gasteiger partial charge >= 0.3 is 5.97 Å². The van der Waals surface area contributed by atoms with Crippen LogP contribution < -0.4 is 14.8 Å². The molecule has 0 spiro atoms. The molecule has 9 heteroatoms. The zero-order chi connectivity index (χ0) is 20.7. The number of methoxy groups -OCH3 is 3. The Kier molecular flexibility index (Phi) is 7.24. The average Bonchev–Trinajstić information content (AvgIpc) is 2.70. The van der Waals surface area contributed by atoms with Crippen molar-refractivity contribution in [2.45, 2.75) is 10.9 Å². The van der Waals surface area contributed by atoms with Gasteiger partial charge in [-0.2, -0.15) is 0 Å². The van der Waals surface area contributed by atoms with E-state index in [0.29, 0.717) is 11.3 Å². The fourth-order valence-electron chi connectivity index (χ4n) is 2.59. The molecule has 0 heterocycles. The van der Waals surface area contributed by atoms with E-state index in [2.05, 4.69) is 5.32 Å². The number of phenolic OH excluding ortho intramolecular Hbond substituents is 1. The maximum absolute atomic E-state index is 12.5. The lowest BCUT2D eigenvalue weighted by Gasteiger charge is -2.18. The van der Waals surface area contributed by atoms with Gasteiger partial charge < -0.3 is 19.3 Å². The van der Waals surface area contributed by atoms with Crippen LogP contribution in [0.3, 0.4) is 0 Å². The lowest BCUT2D eigenvalue weighted by molar-refractivity contribution is -0.143. The highest BCUT2D eigenvalue weighted by Crippen LogP contribution is 2.29. The molecule has 0 unspecified atom stereocenters. The van der Waals surface area contributed by atoms with E-state index in [1.807, 2.05) is 0 Å². The molecule has 28 heavy (non-hydrogen) atoms. The predicted molar refractivity (Wildman–Crippen MR) is 102 cm³/mol. The second-order valence-electron chi connectivity index (χ2n) is 5.84. The Morgan fingerprint density at radius 1 is 1.11 bits per heavy atom. The number of nitrogens with one attached hydrogen (secondary N) is 1. The number of phenols is 1. The van der Waals surface area contributed by atoms with Crippen LogP contribution in [0.5, 0.6) is 17.2 Å². The van der Waals surface area contributed by atoms with Gasteiger partial charge in [-0.1, -0.05) is 12.1 Å². The van der Waals surface area contributed by atoms with Crippen molar-refractivity contribution in [3.63, 3.8) is 0 Å². The number of esters is 1. The van der Waals surface area contributed by atoms with Gasteiger partial charge in [0.2, 0.25) is 0 Å². The van der Waals surface area contributed by atoms with E-state index in [0.717, 1.165) is 0 Å². The summed E-state index contributed by atoms with van der Waals surface area (Å²) in [5.41, 5.74) is 0.420. The fraction of sp³-hybridized carbons (Fsp3) is 0.316. The van der Waals surface area contributed by atoms with Crippen molar-refractivity contribution in [2.24, 2.45) is 0 Å². The van der Waals surface area contributed by atoms with Gasteiger partial charge in [0.25, 0.3) is 0 Å². The maximum atomic E-state index is 12.5. The number of carbonyl (C=O) groups excluding carboxylic acids is 1. The average molecular weight is 409 g/mol. The summed E-state index contributed by atoms with van der Waals surface area (Å²) in [7, 11) is 0.511. The van der Waals surface area contributed by atoms with Gasteiger partial charge in [0.15, 0.2) is 21.3 Å². The molecule has 2 aromatic carbocycles. The molecule has 8 nitrogen and oxygen atoms in total. The summed E-state index contributed by atoms with van der Waals surface area (Å²) in [6, 6.07) is 9.69. The SMILES string of the molecule is COC(=O)[C@@H](NCCS(=O)(=O)c1cccc(OC)c1)c1ccc(OC)c(O)c1. The smallest absolute Gasteiger partial charge is 0.327 e. The van der Waals surface area contributed by atoms with Gasteiger partial charge in [-0.25, -0.2) is 13.2 Å². The highest BCUT2D eigenvalue weighted by atomic mass is 32.2. The first-order chi connectivity index (χ1) is 13.3. The summed E-state index contributed by atoms with van der Waals surface area (Å²) >= 11 is 0. The van der Waals surface area contributed by atoms with Crippen LogP contribution in [-0.2, 0) is 19.4 Å². The van der Waals surface area contributed by atoms with Crippen LogP contribution in [0.4, 0.5) is 0 Å². The van der Waals surface area contributed by atoms with Crippen LogP contribution in [0.15, 0.2) is 47.4 Å². The van der Waals surface area contributed by atoms with Crippen LogP contribution in [0.25, 0.3) is 0 Å². The van der Waals surface area contributed by atoms with Crippen molar-refractivity contribution in [1.82, 2.24) is 5.32 Å². The molecule has 2 N–H and O–H groups in total. The topological polar surface area (TPSA) is 111 Å². The van der Waals surface area contributed by atoms with E-state index in [9.17, 15) is 18.3 Å². The second-order valence-corrected chi connectivity index (χ2v) is 7.95. The number of benzene rings is 2. The van der Waals surface area contributed by atoms with Crippen molar-refractivity contribution >= 4 is 15.8 Å². The minimum Gasteiger partial charge on any atom is -0.504 e. The molecular weight excluding hydrogens is 386 g/mol. The molecule has 0 aliphatic carbocycles. The summed E-state index contributed by atoms with van der Waals surface area (Å²) in [4.78, 5) is 12.3. The minimum atomic E-state index is -3.59. The normalized spacial score (nSPS) is 12.2. The molecule has 0 saturated carbocycles. The molecular formula is C19H23NO7S. The quantitative estimate of drug-likeness (QED) is 0.602. The molecule has 2 aromatic rings. The van der Waals surface area contributed by atoms with Gasteiger partial charge in [0.05, 0.1) is 32.0 Å². The van der Waals surface area contributed by atoms with Gasteiger partial charge in [0, 0.05) is 6.54 Å². The van der Waals surface area contributed by atoms with Crippen LogP contribution in [0.2, 0.25) is 0 Å². The monoisotopic (exact) mass is 409 g/mol. The van der Waals surface area contributed by atoms with Crippen molar-refractivity contribution in [2.75, 3.05) is 33.6 Å². The standard InChI is InChI=1S/C19H23NO7S/c1-25-14-5-4-6-15(12-14)28(23,24)10-9-20-18(19(22)27-3)13-7-8-17(26-2)16(21)11-13/h4-8,11-12,18,20-21H,9-10H2,1-3H3/t18-/m0/s1. The third-order valence-electron chi connectivity index (χ3n) is 4.09. The number of hydrogen-bond acceptors (Lipinski definition) is 8. The number of sulfone groups is 1. The van der Waals surface area contributed by atoms with E-state index >= 15 is 0 Å². The Bertz CT molecular complexity index is 928. The summed E-state index contributed by atoms with van der Waals surface area (Å²) in [6.07, 6.45) is 0. The molecule has 0 radical (unpaired) electrons. The summed E-state index contributed by atoms with van der Waals surface area (Å²) in [6.45, 7) is -0.00784. The molecule has 2 rings (SSSR count). The minimum absolute atomic E-state index is 0.00784. The Balaban J connectivity index is 2.13. The van der Waals surface area contributed by atoms with Crippen molar-refractivity contribution < 1.29 is 32.5 Å². The van der Waals surface area contributed by atoms with Gasteiger partial charge in [0.1, 0.15) is 11.8 Å². The molecule has 0 aliphatic rings. The first kappa shape index (κ1) is 21.5. The third kappa shape index (κ3) is 5.14. The molecule has 0 saturated heterocycles. The highest BCUT2D eigenvalue weighted by molar-refractivity contribution is 7.91. The predicted octanol–water partition coefficient (Wildman–Crippen LogP) is 1.69. The van der Waals surface area contributed by atoms with Crippen LogP contribution in [-0.4, -0.2) is 53.1 Å². The lowest BCUT2D eigenvalue weighted by atomic mass is 10.1. The second kappa shape index (κ2) is 9.43. The molecule has 0 aromatic heterocycles. The summed E-state index contributed by atoms with van der Waals surface area (Å²) in [5.74, 6) is -0.290. The first-order valence-corrected chi connectivity index (χ1v) is 10.0. The Morgan fingerprint density at radius 2 is 1.86 bits per heavy atom. The number of ether oxygens (including phenoxy) is 3. The maximum Gasteiger partial charge on any atom is 0.327 e. The van der Waals surface area contributed by atoms with E-state index in [4.69, 9.17) is 14.2 Å². The molecule has 0 aliphatic heterocycles. The first-order valence-electron chi connectivity index (χ1n) is 8.37. The molecule has 0 fully saturated rings. The van der Waals surface area contributed by atoms with Gasteiger partial charge in [-0.3, -0.25) is 5.32 Å². The summed E-state index contributed by atoms with van der Waals surface area (Å²) < 4.78 is 39.9. The number of rotatable bonds is 9. The highest BCUT2D eigenvalue weighted by Gasteiger charge is 2.23. The zero-order valence-corrected chi connectivity index (χ0v) is 16.7. The van der Waals surface area contributed by atoms with E-state index in [1.165, 1.54) is 45.6 Å². The number of aromatic hydroxyl groups is 1. The molecule has 152 valence electrons. The van der Waals surface area contributed by atoms with E-state index in [-0.39, 0.29) is 28.7 Å². The van der Waals surface area contributed by atoms with Crippen molar-refractivity contribution in [3.8, 4) is 17.2 Å². The lowest BCUT2D eigenvalue weighted by Crippen LogP contribution is -2.33. The fourth-order valence-corrected chi connectivity index (χ4v) is 3.80. The Labute approximate surface area is 164 Å². The number of carbonyl (C=O) groups is 1. The van der Waals surface area contributed by atoms with E-state index < -0.39 is 21.8 Å². The van der Waals surface area contributed by atoms with Gasteiger partial charge in [-0.15, -0.1) is 0 Å². The Hall–Kier alpha value is -2.78. The zero-order valence-electron chi connectivity index (χ0n) is 15.8. The molecule has 1 atom stereocenters. The van der Waals surface area contributed by atoms with Crippen LogP contribution in [0, 0.1) is 0 Å². The van der Waals surface area contributed by atoms with Crippen molar-refractivity contribution in [1.29, 1.82) is 0 Å². The summed E-state index contributed by atoms with van der Waals surface area (Å²) in [5, 5.41) is 12.8. The third-order valence-corrected chi connectivity index (χ3v) is 5.81. The van der Waals surface area contributed by atoms with Gasteiger partial charge in [-0.05, 0) is 35.9 Å². The van der Waals surface area contributed by atoms with Crippen LogP contribution >= 0.6 is 0 Å². The Morgan fingerprint density at radius 3 is 2.46 bits per heavy atom. The van der Waals surface area contributed by atoms with Crippen molar-refractivity contribution in [3.05, 3.63) is 48.0 Å². The molecule has 0 amide bonds. The van der Waals surface area contributed by atoms with Crippen LogP contribution in [0.1, 0.15) is 11.6 Å².